The van der Waals surface area contributed by atoms with E-state index in [0.717, 1.165) is 42.5 Å². The van der Waals surface area contributed by atoms with Crippen LogP contribution in [0, 0.1) is 12.3 Å². The van der Waals surface area contributed by atoms with Crippen LogP contribution in [0.25, 0.3) is 22.0 Å². The smallest absolute Gasteiger partial charge is 0.156 e. The number of fused-ring (bicyclic) bond motifs is 1. The summed E-state index contributed by atoms with van der Waals surface area (Å²) in [6.07, 6.45) is 7.55. The summed E-state index contributed by atoms with van der Waals surface area (Å²) >= 11 is 0. The molecular formula is C23H24N4O2. The van der Waals surface area contributed by atoms with Gasteiger partial charge in [0.2, 0.25) is 0 Å². The number of terminal acetylenes is 1. The molecule has 3 aromatic rings. The number of nitrogens with zero attached hydrogens (tertiary/aromatic N) is 3. The maximum absolute atomic E-state index is 10.4. The quantitative estimate of drug-likeness (QED) is 0.583. The molecule has 0 spiro atoms. The van der Waals surface area contributed by atoms with Gasteiger partial charge in [-0.15, -0.1) is 16.6 Å². The van der Waals surface area contributed by atoms with Crippen LogP contribution in [0.2, 0.25) is 0 Å². The molecule has 1 atom stereocenters. The van der Waals surface area contributed by atoms with Crippen LogP contribution in [-0.4, -0.2) is 57.6 Å². The number of β-amino-alcohol motifs (C(OH)–C–C–N with tert-alkyl or cyclic N) is 1. The first kappa shape index (κ1) is 19.2. The zero-order valence-electron chi connectivity index (χ0n) is 16.2. The largest absolute Gasteiger partial charge is 0.507 e. The van der Waals surface area contributed by atoms with Crippen molar-refractivity contribution in [1.82, 2.24) is 15.1 Å². The van der Waals surface area contributed by atoms with Gasteiger partial charge < -0.3 is 15.5 Å². The molecular weight excluding hydrogens is 364 g/mol. The van der Waals surface area contributed by atoms with Crippen molar-refractivity contribution in [2.24, 2.45) is 0 Å². The molecule has 1 unspecified atom stereocenters. The van der Waals surface area contributed by atoms with Gasteiger partial charge in [-0.05, 0) is 37.6 Å². The Bertz CT molecular complexity index is 1060. The van der Waals surface area contributed by atoms with E-state index in [1.54, 1.807) is 18.2 Å². The van der Waals surface area contributed by atoms with E-state index in [4.69, 9.17) is 6.42 Å². The fourth-order valence-electron chi connectivity index (χ4n) is 3.94. The number of aromatic hydroxyl groups is 1. The van der Waals surface area contributed by atoms with Crippen LogP contribution in [0.4, 0.5) is 5.82 Å². The maximum Gasteiger partial charge on any atom is 0.156 e. The van der Waals surface area contributed by atoms with E-state index in [0.29, 0.717) is 23.4 Å². The Morgan fingerprint density at radius 1 is 1.17 bits per heavy atom. The Labute approximate surface area is 170 Å². The Morgan fingerprint density at radius 2 is 2.00 bits per heavy atom. The van der Waals surface area contributed by atoms with Gasteiger partial charge in [0.25, 0.3) is 0 Å². The van der Waals surface area contributed by atoms with Gasteiger partial charge in [0, 0.05) is 41.0 Å². The molecule has 6 heteroatoms. The Balaban J connectivity index is 1.68. The van der Waals surface area contributed by atoms with Gasteiger partial charge in [-0.1, -0.05) is 30.2 Å². The summed E-state index contributed by atoms with van der Waals surface area (Å²) in [4.78, 5) is 2.26. The maximum atomic E-state index is 10.4. The van der Waals surface area contributed by atoms with Crippen LogP contribution in [0.1, 0.15) is 18.4 Å². The van der Waals surface area contributed by atoms with Crippen LogP contribution in [0.15, 0.2) is 42.5 Å². The number of rotatable bonds is 5. The summed E-state index contributed by atoms with van der Waals surface area (Å²) in [6, 6.07) is 13.3. The molecule has 3 N–H and O–H groups in total. The lowest BCUT2D eigenvalue weighted by molar-refractivity contribution is 0.166. The third kappa shape index (κ3) is 4.02. The highest BCUT2D eigenvalue weighted by molar-refractivity contribution is 6.00. The Kier molecular flexibility index (Phi) is 5.61. The number of likely N-dealkylation sites (tertiary alicyclic amines) is 1. The lowest BCUT2D eigenvalue weighted by Crippen LogP contribution is -2.43. The van der Waals surface area contributed by atoms with E-state index < -0.39 is 0 Å². The van der Waals surface area contributed by atoms with Crippen LogP contribution >= 0.6 is 0 Å². The molecule has 148 valence electrons. The average Bonchev–Trinajstić information content (AvgIpc) is 2.75. The predicted molar refractivity (Wildman–Crippen MR) is 115 cm³/mol. The molecule has 29 heavy (non-hydrogen) atoms. The fourth-order valence-corrected chi connectivity index (χ4v) is 3.94. The third-order valence-corrected chi connectivity index (χ3v) is 5.37. The molecule has 0 aliphatic carbocycles. The minimum Gasteiger partial charge on any atom is -0.507 e. The zero-order chi connectivity index (χ0) is 20.2. The first-order chi connectivity index (χ1) is 14.2. The molecule has 2 aromatic carbocycles. The summed E-state index contributed by atoms with van der Waals surface area (Å²) in [5.74, 6) is 3.35. The summed E-state index contributed by atoms with van der Waals surface area (Å²) in [5.41, 5.74) is 1.84. The van der Waals surface area contributed by atoms with Gasteiger partial charge in [-0.3, -0.25) is 4.90 Å². The standard InChI is InChI=1S/C23H24N4O2/c1-2-16-9-10-20(21(29)14-16)22-18-7-3-4-8-19(18)23(26-25-22)24-17-6-5-11-27(15-17)12-13-28/h1,3-4,7-10,14,17,28-29H,5-6,11-13,15H2,(H,24,26). The number of hydrogen-bond donors (Lipinski definition) is 3. The lowest BCUT2D eigenvalue weighted by Gasteiger charge is -2.33. The highest BCUT2D eigenvalue weighted by Gasteiger charge is 2.21. The van der Waals surface area contributed by atoms with Crippen LogP contribution in [-0.2, 0) is 0 Å². The van der Waals surface area contributed by atoms with Gasteiger partial charge in [0.1, 0.15) is 11.4 Å². The number of hydrogen-bond acceptors (Lipinski definition) is 6. The Hall–Kier alpha value is -3.14. The van der Waals surface area contributed by atoms with Gasteiger partial charge in [-0.25, -0.2) is 0 Å². The number of aromatic nitrogens is 2. The topological polar surface area (TPSA) is 81.5 Å². The highest BCUT2D eigenvalue weighted by atomic mass is 16.3. The first-order valence-electron chi connectivity index (χ1n) is 9.84. The number of phenols is 1. The molecule has 2 heterocycles. The van der Waals surface area contributed by atoms with E-state index in [2.05, 4.69) is 26.3 Å². The third-order valence-electron chi connectivity index (χ3n) is 5.37. The van der Waals surface area contributed by atoms with Crippen molar-refractivity contribution in [3.05, 3.63) is 48.0 Å². The van der Waals surface area contributed by atoms with Crippen LogP contribution in [0.5, 0.6) is 5.75 Å². The molecule has 1 aromatic heterocycles. The van der Waals surface area contributed by atoms with Crippen molar-refractivity contribution in [3.63, 3.8) is 0 Å². The molecule has 0 amide bonds. The van der Waals surface area contributed by atoms with Crippen molar-refractivity contribution in [2.75, 3.05) is 31.6 Å². The van der Waals surface area contributed by atoms with E-state index in [-0.39, 0.29) is 18.4 Å². The van der Waals surface area contributed by atoms with Gasteiger partial charge in [0.15, 0.2) is 5.82 Å². The number of aliphatic hydroxyl groups excluding tert-OH is 1. The van der Waals surface area contributed by atoms with Crippen LogP contribution < -0.4 is 5.32 Å². The molecule has 1 saturated heterocycles. The number of nitrogens with one attached hydrogen (secondary N) is 1. The first-order valence-corrected chi connectivity index (χ1v) is 9.84. The molecule has 0 saturated carbocycles. The second-order valence-corrected chi connectivity index (χ2v) is 7.33. The summed E-state index contributed by atoms with van der Waals surface area (Å²) < 4.78 is 0. The van der Waals surface area contributed by atoms with E-state index in [1.807, 2.05) is 24.3 Å². The number of phenolic OH excluding ortho intramolecular Hbond substituents is 1. The molecule has 1 aliphatic heterocycles. The van der Waals surface area contributed by atoms with E-state index in [9.17, 15) is 10.2 Å². The molecule has 4 rings (SSSR count). The minimum atomic E-state index is 0.0903. The van der Waals surface area contributed by atoms with Crippen molar-refractivity contribution in [3.8, 4) is 29.4 Å². The summed E-state index contributed by atoms with van der Waals surface area (Å²) in [6.45, 7) is 2.74. The number of benzene rings is 2. The molecule has 1 fully saturated rings. The number of aliphatic hydroxyl groups is 1. The average molecular weight is 388 g/mol. The second-order valence-electron chi connectivity index (χ2n) is 7.33. The van der Waals surface area contributed by atoms with Crippen molar-refractivity contribution in [1.29, 1.82) is 0 Å². The van der Waals surface area contributed by atoms with E-state index >= 15 is 0 Å². The molecule has 0 bridgehead atoms. The lowest BCUT2D eigenvalue weighted by atomic mass is 10.0. The Morgan fingerprint density at radius 3 is 2.76 bits per heavy atom. The zero-order valence-corrected chi connectivity index (χ0v) is 16.2. The second kappa shape index (κ2) is 8.48. The number of piperidine rings is 1. The fraction of sp³-hybridized carbons (Fsp3) is 0.304. The molecule has 0 radical (unpaired) electrons. The van der Waals surface area contributed by atoms with Crippen molar-refractivity contribution in [2.45, 2.75) is 18.9 Å². The predicted octanol–water partition coefficient (Wildman–Crippen LogP) is 2.85. The monoisotopic (exact) mass is 388 g/mol. The summed E-state index contributed by atoms with van der Waals surface area (Å²) in [7, 11) is 0. The van der Waals surface area contributed by atoms with Gasteiger partial charge in [0.05, 0.1) is 6.61 Å². The van der Waals surface area contributed by atoms with E-state index in [1.165, 1.54) is 0 Å². The number of anilines is 1. The van der Waals surface area contributed by atoms with Gasteiger partial charge >= 0.3 is 0 Å². The SMILES string of the molecule is C#Cc1ccc(-c2nnc(NC3CCCN(CCO)C3)c3ccccc23)c(O)c1. The van der Waals surface area contributed by atoms with Crippen molar-refractivity contribution < 1.29 is 10.2 Å². The van der Waals surface area contributed by atoms with Gasteiger partial charge in [-0.2, -0.15) is 0 Å². The van der Waals surface area contributed by atoms with Crippen molar-refractivity contribution >= 4 is 16.6 Å². The normalized spacial score (nSPS) is 17.2. The molecule has 1 aliphatic rings. The minimum absolute atomic E-state index is 0.0903. The molecule has 6 nitrogen and oxygen atoms in total. The van der Waals surface area contributed by atoms with Crippen LogP contribution in [0.3, 0.4) is 0 Å². The summed E-state index contributed by atoms with van der Waals surface area (Å²) in [5, 5.41) is 34.0. The highest BCUT2D eigenvalue weighted by Crippen LogP contribution is 2.35.